The van der Waals surface area contributed by atoms with Gasteiger partial charge in [-0.25, -0.2) is 4.79 Å². The Morgan fingerprint density at radius 1 is 0.775 bits per heavy atom. The van der Waals surface area contributed by atoms with Crippen LogP contribution in [-0.2, 0) is 4.79 Å². The Balaban J connectivity index is 1.55. The molecule has 40 heavy (non-hydrogen) atoms. The number of methoxy groups -OCH3 is 2. The highest BCUT2D eigenvalue weighted by atomic mass is 32.2. The van der Waals surface area contributed by atoms with E-state index < -0.39 is 22.9 Å². The van der Waals surface area contributed by atoms with Crippen molar-refractivity contribution in [3.8, 4) is 17.2 Å². The molecule has 4 aromatic carbocycles. The van der Waals surface area contributed by atoms with Crippen molar-refractivity contribution in [2.45, 2.75) is 10.1 Å². The van der Waals surface area contributed by atoms with Crippen molar-refractivity contribution < 1.29 is 34.1 Å². The van der Waals surface area contributed by atoms with Crippen LogP contribution in [0.2, 0.25) is 0 Å². The fraction of sp³-hybridized carbons (Fsp3) is 0.100. The summed E-state index contributed by atoms with van der Waals surface area (Å²) in [5, 5.41) is 24.0. The van der Waals surface area contributed by atoms with Gasteiger partial charge in [-0.3, -0.25) is 9.59 Å². The van der Waals surface area contributed by atoms with E-state index in [0.29, 0.717) is 27.6 Å². The van der Waals surface area contributed by atoms with Crippen LogP contribution in [-0.4, -0.2) is 42.2 Å². The predicted molar refractivity (Wildman–Crippen MR) is 153 cm³/mol. The van der Waals surface area contributed by atoms with Crippen LogP contribution in [0, 0.1) is 0 Å². The summed E-state index contributed by atoms with van der Waals surface area (Å²) in [6.07, 6.45) is 0. The summed E-state index contributed by atoms with van der Waals surface area (Å²) in [4.78, 5) is 38.4. The van der Waals surface area contributed by atoms with Crippen molar-refractivity contribution in [1.82, 2.24) is 0 Å². The van der Waals surface area contributed by atoms with Gasteiger partial charge in [0.1, 0.15) is 16.6 Å². The van der Waals surface area contributed by atoms with Crippen LogP contribution in [0.25, 0.3) is 0 Å². The Hall–Kier alpha value is -4.96. The standard InChI is InChI=1S/C30H26N2O7S/c1-38-25-14-11-19(15-26(25)39-2)28(34)31-20-9-6-10-22(16-20)40-27(18-7-4-3-5-8-18)29(35)32-21-12-13-24(33)23(17-21)30(36)37/h3-17,27,33H,1-2H3,(H,31,34)(H,32,35)(H,36,37). The fourth-order valence-corrected chi connectivity index (χ4v) is 4.94. The Bertz CT molecular complexity index is 1540. The zero-order chi connectivity index (χ0) is 28.6. The summed E-state index contributed by atoms with van der Waals surface area (Å²) in [6.45, 7) is 0. The average Bonchev–Trinajstić information content (AvgIpc) is 2.96. The predicted octanol–water partition coefficient (Wildman–Crippen LogP) is 5.83. The number of amides is 2. The minimum absolute atomic E-state index is 0.234. The van der Waals surface area contributed by atoms with E-state index in [1.807, 2.05) is 36.4 Å². The van der Waals surface area contributed by atoms with E-state index in [2.05, 4.69) is 10.6 Å². The summed E-state index contributed by atoms with van der Waals surface area (Å²) >= 11 is 1.27. The number of thioether (sulfide) groups is 1. The van der Waals surface area contributed by atoms with E-state index >= 15 is 0 Å². The molecule has 4 aromatic rings. The molecule has 1 atom stereocenters. The zero-order valence-corrected chi connectivity index (χ0v) is 22.4. The van der Waals surface area contributed by atoms with Crippen LogP contribution in [0.5, 0.6) is 17.2 Å². The molecule has 2 amide bonds. The molecule has 0 radical (unpaired) electrons. The number of aromatic hydroxyl groups is 1. The maximum atomic E-state index is 13.4. The second kappa shape index (κ2) is 12.7. The number of carbonyl (C=O) groups is 3. The van der Waals surface area contributed by atoms with Crippen molar-refractivity contribution in [1.29, 1.82) is 0 Å². The Morgan fingerprint density at radius 2 is 1.50 bits per heavy atom. The monoisotopic (exact) mass is 558 g/mol. The molecule has 1 unspecified atom stereocenters. The smallest absolute Gasteiger partial charge is 0.339 e. The number of rotatable bonds is 10. The molecular formula is C30H26N2O7S. The first-order valence-corrected chi connectivity index (χ1v) is 12.9. The Morgan fingerprint density at radius 3 is 2.20 bits per heavy atom. The SMILES string of the molecule is COc1ccc(C(=O)Nc2cccc(SC(C(=O)Nc3ccc(O)c(C(=O)O)c3)c3ccccc3)c2)cc1OC. The fourth-order valence-electron chi connectivity index (χ4n) is 3.86. The normalized spacial score (nSPS) is 11.2. The first kappa shape index (κ1) is 28.1. The van der Waals surface area contributed by atoms with E-state index in [4.69, 9.17) is 9.47 Å². The molecule has 0 bridgehead atoms. The molecule has 0 saturated carbocycles. The third-order valence-corrected chi connectivity index (χ3v) is 7.07. The molecular weight excluding hydrogens is 532 g/mol. The van der Waals surface area contributed by atoms with E-state index in [1.165, 1.54) is 44.2 Å². The van der Waals surface area contributed by atoms with Crippen LogP contribution in [0.15, 0.2) is 95.9 Å². The third kappa shape index (κ3) is 6.72. The van der Waals surface area contributed by atoms with Crippen LogP contribution in [0.1, 0.15) is 31.5 Å². The molecule has 4 rings (SSSR count). The first-order chi connectivity index (χ1) is 19.3. The number of hydrogen-bond acceptors (Lipinski definition) is 7. The molecule has 0 heterocycles. The van der Waals surface area contributed by atoms with Gasteiger partial charge in [-0.1, -0.05) is 36.4 Å². The van der Waals surface area contributed by atoms with Crippen LogP contribution in [0.4, 0.5) is 11.4 Å². The van der Waals surface area contributed by atoms with Gasteiger partial charge in [-0.15, -0.1) is 11.8 Å². The van der Waals surface area contributed by atoms with Gasteiger partial charge in [0, 0.05) is 21.8 Å². The molecule has 0 aliphatic rings. The van der Waals surface area contributed by atoms with Crippen molar-refractivity contribution in [2.75, 3.05) is 24.9 Å². The lowest BCUT2D eigenvalue weighted by molar-refractivity contribution is -0.115. The largest absolute Gasteiger partial charge is 0.507 e. The van der Waals surface area contributed by atoms with Gasteiger partial charge in [-0.2, -0.15) is 0 Å². The molecule has 10 heteroatoms. The summed E-state index contributed by atoms with van der Waals surface area (Å²) in [5.74, 6) is -1.50. The quantitative estimate of drug-likeness (QED) is 0.141. The number of nitrogens with one attached hydrogen (secondary N) is 2. The maximum absolute atomic E-state index is 13.4. The second-order valence-corrected chi connectivity index (χ2v) is 9.67. The minimum Gasteiger partial charge on any atom is -0.507 e. The molecule has 0 aliphatic carbocycles. The molecule has 4 N–H and O–H groups in total. The third-order valence-electron chi connectivity index (χ3n) is 5.83. The Labute approximate surface area is 234 Å². The number of aromatic carboxylic acids is 1. The number of carbonyl (C=O) groups excluding carboxylic acids is 2. The molecule has 0 aromatic heterocycles. The summed E-state index contributed by atoms with van der Waals surface area (Å²) in [7, 11) is 3.01. The number of hydrogen-bond donors (Lipinski definition) is 4. The summed E-state index contributed by atoms with van der Waals surface area (Å²) in [5.41, 5.74) is 1.55. The number of carboxylic acid groups (broad SMARTS) is 1. The number of ether oxygens (including phenoxy) is 2. The number of phenols is 1. The van der Waals surface area contributed by atoms with Crippen LogP contribution >= 0.6 is 11.8 Å². The van der Waals surface area contributed by atoms with Gasteiger partial charge in [0.05, 0.1) is 14.2 Å². The van der Waals surface area contributed by atoms with E-state index in [-0.39, 0.29) is 17.2 Å². The lowest BCUT2D eigenvalue weighted by atomic mass is 10.1. The second-order valence-electron chi connectivity index (χ2n) is 8.49. The maximum Gasteiger partial charge on any atom is 0.339 e. The molecule has 204 valence electrons. The zero-order valence-electron chi connectivity index (χ0n) is 21.6. The molecule has 0 spiro atoms. The molecule has 0 saturated heterocycles. The Kier molecular flexibility index (Phi) is 8.93. The van der Waals surface area contributed by atoms with Gasteiger partial charge in [0.25, 0.3) is 5.91 Å². The van der Waals surface area contributed by atoms with Crippen molar-refractivity contribution >= 4 is 40.9 Å². The number of benzene rings is 4. The topological polar surface area (TPSA) is 134 Å². The van der Waals surface area contributed by atoms with Gasteiger partial charge in [0.15, 0.2) is 11.5 Å². The summed E-state index contributed by atoms with van der Waals surface area (Å²) < 4.78 is 10.5. The highest BCUT2D eigenvalue weighted by Gasteiger charge is 2.23. The van der Waals surface area contributed by atoms with Gasteiger partial charge < -0.3 is 30.3 Å². The van der Waals surface area contributed by atoms with E-state index in [9.17, 15) is 24.6 Å². The average molecular weight is 559 g/mol. The van der Waals surface area contributed by atoms with E-state index in [1.54, 1.807) is 36.4 Å². The number of anilines is 2. The van der Waals surface area contributed by atoms with Gasteiger partial charge in [-0.05, 0) is 60.2 Å². The van der Waals surface area contributed by atoms with Gasteiger partial charge in [0.2, 0.25) is 5.91 Å². The number of carboxylic acids is 1. The highest BCUT2D eigenvalue weighted by molar-refractivity contribution is 8.00. The molecule has 0 fully saturated rings. The highest BCUT2D eigenvalue weighted by Crippen LogP contribution is 2.37. The molecule has 0 aliphatic heterocycles. The van der Waals surface area contributed by atoms with Crippen molar-refractivity contribution in [3.05, 3.63) is 108 Å². The lowest BCUT2D eigenvalue weighted by Crippen LogP contribution is -2.19. The van der Waals surface area contributed by atoms with Crippen LogP contribution in [0.3, 0.4) is 0 Å². The lowest BCUT2D eigenvalue weighted by Gasteiger charge is -2.18. The van der Waals surface area contributed by atoms with Crippen molar-refractivity contribution in [3.63, 3.8) is 0 Å². The molecule has 9 nitrogen and oxygen atoms in total. The van der Waals surface area contributed by atoms with Crippen LogP contribution < -0.4 is 20.1 Å². The van der Waals surface area contributed by atoms with E-state index in [0.717, 1.165) is 5.56 Å². The minimum atomic E-state index is -1.31. The summed E-state index contributed by atoms with van der Waals surface area (Å²) in [6, 6.07) is 24.9. The first-order valence-electron chi connectivity index (χ1n) is 12.0. The van der Waals surface area contributed by atoms with Crippen molar-refractivity contribution in [2.24, 2.45) is 0 Å². The van der Waals surface area contributed by atoms with Gasteiger partial charge >= 0.3 is 5.97 Å².